The number of rotatable bonds is 3. The molecule has 4 nitrogen and oxygen atoms in total. The van der Waals surface area contributed by atoms with Crippen LogP contribution in [-0.2, 0) is 13.5 Å². The number of halogens is 1. The van der Waals surface area contributed by atoms with Crippen molar-refractivity contribution in [2.24, 2.45) is 12.8 Å². The molecule has 2 rings (SSSR count). The van der Waals surface area contributed by atoms with E-state index in [0.717, 1.165) is 16.8 Å². The van der Waals surface area contributed by atoms with Gasteiger partial charge in [0.05, 0.1) is 11.7 Å². The Morgan fingerprint density at radius 3 is 2.82 bits per heavy atom. The topological polar surface area (TPSA) is 56.7 Å². The molecule has 5 heteroatoms. The van der Waals surface area contributed by atoms with Gasteiger partial charge in [0.15, 0.2) is 0 Å². The number of aromatic nitrogens is 3. The van der Waals surface area contributed by atoms with E-state index >= 15 is 0 Å². The fourth-order valence-corrected chi connectivity index (χ4v) is 1.76. The molecule has 0 aliphatic carbocycles. The second kappa shape index (κ2) is 4.63. The molecule has 0 saturated carbocycles. The normalized spacial score (nSPS) is 12.7. The summed E-state index contributed by atoms with van der Waals surface area (Å²) in [6.07, 6.45) is 2.42. The zero-order valence-corrected chi connectivity index (χ0v) is 9.89. The molecule has 0 aliphatic rings. The van der Waals surface area contributed by atoms with Gasteiger partial charge in [-0.2, -0.15) is 0 Å². The lowest BCUT2D eigenvalue weighted by molar-refractivity contribution is 0.623. The molecule has 0 bridgehead atoms. The lowest BCUT2D eigenvalue weighted by Gasteiger charge is -2.10. The molecule has 0 amide bonds. The highest BCUT2D eigenvalue weighted by molar-refractivity contribution is 5.28. The van der Waals surface area contributed by atoms with Crippen LogP contribution in [0, 0.1) is 12.7 Å². The molecule has 1 atom stereocenters. The quantitative estimate of drug-likeness (QED) is 0.875. The number of hydrogen-bond acceptors (Lipinski definition) is 3. The molecule has 0 radical (unpaired) electrons. The first kappa shape index (κ1) is 11.7. The molecule has 17 heavy (non-hydrogen) atoms. The molecule has 2 N–H and O–H groups in total. The molecule has 2 aromatic rings. The molecule has 1 heterocycles. The smallest absolute Gasteiger partial charge is 0.123 e. The Morgan fingerprint density at radius 1 is 1.47 bits per heavy atom. The highest BCUT2D eigenvalue weighted by Gasteiger charge is 2.12. The number of hydrogen-bond donors (Lipinski definition) is 1. The maximum atomic E-state index is 13.0. The minimum atomic E-state index is -0.223. The van der Waals surface area contributed by atoms with Crippen molar-refractivity contribution < 1.29 is 4.39 Å². The van der Waals surface area contributed by atoms with Gasteiger partial charge in [0, 0.05) is 13.2 Å². The number of aryl methyl sites for hydroxylation is 2. The van der Waals surface area contributed by atoms with Crippen LogP contribution in [0.5, 0.6) is 0 Å². The minimum absolute atomic E-state index is 0.215. The van der Waals surface area contributed by atoms with E-state index in [9.17, 15) is 4.39 Å². The zero-order valence-electron chi connectivity index (χ0n) is 9.89. The van der Waals surface area contributed by atoms with Crippen molar-refractivity contribution in [3.63, 3.8) is 0 Å². The van der Waals surface area contributed by atoms with E-state index < -0.39 is 0 Å². The predicted octanol–water partition coefficient (Wildman–Crippen LogP) is 1.51. The van der Waals surface area contributed by atoms with E-state index in [0.29, 0.717) is 6.42 Å². The first-order valence-corrected chi connectivity index (χ1v) is 5.43. The Bertz CT molecular complexity index is 521. The summed E-state index contributed by atoms with van der Waals surface area (Å²) in [5.41, 5.74) is 8.72. The summed E-state index contributed by atoms with van der Waals surface area (Å²) in [4.78, 5) is 0. The summed E-state index contributed by atoms with van der Waals surface area (Å²) >= 11 is 0. The first-order chi connectivity index (χ1) is 8.06. The summed E-state index contributed by atoms with van der Waals surface area (Å²) in [5, 5.41) is 7.82. The largest absolute Gasteiger partial charge is 0.322 e. The maximum Gasteiger partial charge on any atom is 0.123 e. The molecule has 0 fully saturated rings. The first-order valence-electron chi connectivity index (χ1n) is 5.43. The fourth-order valence-electron chi connectivity index (χ4n) is 1.76. The Labute approximate surface area is 99.2 Å². The van der Waals surface area contributed by atoms with Crippen LogP contribution in [-0.4, -0.2) is 15.0 Å². The third-order valence-corrected chi connectivity index (χ3v) is 2.74. The van der Waals surface area contributed by atoms with Gasteiger partial charge in [-0.25, -0.2) is 4.39 Å². The van der Waals surface area contributed by atoms with Gasteiger partial charge < -0.3 is 5.73 Å². The zero-order chi connectivity index (χ0) is 12.4. The summed E-state index contributed by atoms with van der Waals surface area (Å²) in [6.45, 7) is 1.88. The average Bonchev–Trinajstić information content (AvgIpc) is 2.69. The highest BCUT2D eigenvalue weighted by atomic mass is 19.1. The third-order valence-electron chi connectivity index (χ3n) is 2.74. The minimum Gasteiger partial charge on any atom is -0.322 e. The summed E-state index contributed by atoms with van der Waals surface area (Å²) in [7, 11) is 1.80. The molecular weight excluding hydrogens is 219 g/mol. The summed E-state index contributed by atoms with van der Waals surface area (Å²) < 4.78 is 14.6. The van der Waals surface area contributed by atoms with Crippen LogP contribution in [0.25, 0.3) is 0 Å². The van der Waals surface area contributed by atoms with Gasteiger partial charge in [0.2, 0.25) is 0 Å². The van der Waals surface area contributed by atoms with Crippen molar-refractivity contribution in [1.29, 1.82) is 0 Å². The van der Waals surface area contributed by atoms with Gasteiger partial charge in [0.25, 0.3) is 0 Å². The van der Waals surface area contributed by atoms with E-state index in [1.807, 2.05) is 6.92 Å². The van der Waals surface area contributed by atoms with E-state index in [-0.39, 0.29) is 11.9 Å². The van der Waals surface area contributed by atoms with Crippen molar-refractivity contribution in [3.05, 3.63) is 47.0 Å². The van der Waals surface area contributed by atoms with E-state index in [4.69, 9.17) is 5.73 Å². The number of nitrogens with zero attached hydrogens (tertiary/aromatic N) is 3. The van der Waals surface area contributed by atoms with Crippen molar-refractivity contribution in [2.45, 2.75) is 19.4 Å². The van der Waals surface area contributed by atoms with Crippen LogP contribution in [0.2, 0.25) is 0 Å². The summed E-state index contributed by atoms with van der Waals surface area (Å²) in [5.74, 6) is -0.223. The second-order valence-electron chi connectivity index (χ2n) is 4.20. The standard InChI is InChI=1S/C12H15FN4/c1-8-5-10(13)4-3-9(8)6-11(14)12-7-17(2)16-15-12/h3-5,7,11H,6,14H2,1-2H3. The maximum absolute atomic E-state index is 13.0. The van der Waals surface area contributed by atoms with E-state index in [2.05, 4.69) is 10.3 Å². The summed E-state index contributed by atoms with van der Waals surface area (Å²) in [6, 6.07) is 4.51. The fraction of sp³-hybridized carbons (Fsp3) is 0.333. The van der Waals surface area contributed by atoms with Crippen LogP contribution in [0.15, 0.2) is 24.4 Å². The Morgan fingerprint density at radius 2 is 2.24 bits per heavy atom. The SMILES string of the molecule is Cc1cc(F)ccc1CC(N)c1cn(C)nn1. The molecule has 1 aromatic carbocycles. The molecule has 1 unspecified atom stereocenters. The van der Waals surface area contributed by atoms with Crippen molar-refractivity contribution in [2.75, 3.05) is 0 Å². The van der Waals surface area contributed by atoms with Crippen molar-refractivity contribution in [3.8, 4) is 0 Å². The average molecular weight is 234 g/mol. The van der Waals surface area contributed by atoms with Crippen LogP contribution < -0.4 is 5.73 Å². The van der Waals surface area contributed by atoms with Gasteiger partial charge in [0.1, 0.15) is 5.82 Å². The van der Waals surface area contributed by atoms with Gasteiger partial charge in [-0.3, -0.25) is 4.68 Å². The lowest BCUT2D eigenvalue weighted by Crippen LogP contribution is -2.14. The van der Waals surface area contributed by atoms with Crippen LogP contribution >= 0.6 is 0 Å². The monoisotopic (exact) mass is 234 g/mol. The molecular formula is C12H15FN4. The molecule has 0 saturated heterocycles. The van der Waals surface area contributed by atoms with Crippen LogP contribution in [0.4, 0.5) is 4.39 Å². The molecule has 0 spiro atoms. The van der Waals surface area contributed by atoms with E-state index in [1.54, 1.807) is 24.0 Å². The van der Waals surface area contributed by atoms with Gasteiger partial charge in [-0.05, 0) is 36.6 Å². The van der Waals surface area contributed by atoms with E-state index in [1.165, 1.54) is 12.1 Å². The highest BCUT2D eigenvalue weighted by Crippen LogP contribution is 2.17. The molecule has 1 aromatic heterocycles. The second-order valence-corrected chi connectivity index (χ2v) is 4.20. The third kappa shape index (κ3) is 2.68. The Kier molecular flexibility index (Phi) is 3.19. The van der Waals surface area contributed by atoms with Gasteiger partial charge in [-0.1, -0.05) is 11.3 Å². The van der Waals surface area contributed by atoms with Crippen molar-refractivity contribution in [1.82, 2.24) is 15.0 Å². The number of benzene rings is 1. The van der Waals surface area contributed by atoms with Gasteiger partial charge >= 0.3 is 0 Å². The molecule has 90 valence electrons. The predicted molar refractivity (Wildman–Crippen MR) is 62.8 cm³/mol. The number of nitrogens with two attached hydrogens (primary N) is 1. The van der Waals surface area contributed by atoms with Crippen molar-refractivity contribution >= 4 is 0 Å². The Balaban J connectivity index is 2.15. The Hall–Kier alpha value is -1.75. The van der Waals surface area contributed by atoms with Crippen LogP contribution in [0.3, 0.4) is 0 Å². The van der Waals surface area contributed by atoms with Gasteiger partial charge in [-0.15, -0.1) is 5.10 Å². The van der Waals surface area contributed by atoms with Crippen LogP contribution in [0.1, 0.15) is 22.9 Å². The molecule has 0 aliphatic heterocycles. The lowest BCUT2D eigenvalue weighted by atomic mass is 10.00.